The van der Waals surface area contributed by atoms with E-state index in [4.69, 9.17) is 16.3 Å². The Morgan fingerprint density at radius 2 is 1.78 bits per heavy atom. The molecule has 2 aromatic carbocycles. The Balaban J connectivity index is 1.98. The van der Waals surface area contributed by atoms with Gasteiger partial charge in [0.05, 0.1) is 23.6 Å². The topological polar surface area (TPSA) is 102 Å². The first-order valence-electron chi connectivity index (χ1n) is 8.06. The third kappa shape index (κ3) is 5.78. The van der Waals surface area contributed by atoms with E-state index >= 15 is 0 Å². The first-order valence-corrected chi connectivity index (χ1v) is 9.92. The van der Waals surface area contributed by atoms with Crippen molar-refractivity contribution in [1.82, 2.24) is 4.72 Å². The zero-order valence-corrected chi connectivity index (χ0v) is 16.4. The molecule has 7 nitrogen and oxygen atoms in total. The third-order valence-electron chi connectivity index (χ3n) is 3.55. The second-order valence-electron chi connectivity index (χ2n) is 5.58. The summed E-state index contributed by atoms with van der Waals surface area (Å²) in [5.41, 5.74) is 1.57. The Kier molecular flexibility index (Phi) is 6.95. The summed E-state index contributed by atoms with van der Waals surface area (Å²) in [4.78, 5) is 23.5. The van der Waals surface area contributed by atoms with Crippen LogP contribution in [0.4, 0.5) is 5.69 Å². The normalized spacial score (nSPS) is 11.1. The molecule has 0 heterocycles. The van der Waals surface area contributed by atoms with Gasteiger partial charge in [-0.15, -0.1) is 0 Å². The highest BCUT2D eigenvalue weighted by Crippen LogP contribution is 2.19. The van der Waals surface area contributed by atoms with Crippen LogP contribution in [0, 0.1) is 6.92 Å². The molecule has 0 bridgehead atoms. The number of sulfonamides is 1. The van der Waals surface area contributed by atoms with Crippen LogP contribution < -0.4 is 10.0 Å². The lowest BCUT2D eigenvalue weighted by molar-refractivity contribution is -0.115. The molecular formula is C18H19ClN2O5S. The number of aryl methyl sites for hydroxylation is 1. The van der Waals surface area contributed by atoms with Crippen LogP contribution in [0.1, 0.15) is 22.8 Å². The average molecular weight is 411 g/mol. The summed E-state index contributed by atoms with van der Waals surface area (Å²) in [6, 6.07) is 10.2. The van der Waals surface area contributed by atoms with Gasteiger partial charge in [-0.1, -0.05) is 17.7 Å². The fourth-order valence-electron chi connectivity index (χ4n) is 2.10. The Bertz CT molecular complexity index is 943. The van der Waals surface area contributed by atoms with Gasteiger partial charge in [0.25, 0.3) is 0 Å². The maximum Gasteiger partial charge on any atom is 0.338 e. The molecule has 144 valence electrons. The summed E-state index contributed by atoms with van der Waals surface area (Å²) in [5.74, 6) is -1.08. The molecule has 1 amide bonds. The molecule has 0 unspecified atom stereocenters. The minimum atomic E-state index is -3.91. The number of nitrogens with one attached hydrogen (secondary N) is 2. The van der Waals surface area contributed by atoms with E-state index < -0.39 is 28.4 Å². The van der Waals surface area contributed by atoms with Crippen molar-refractivity contribution in [3.63, 3.8) is 0 Å². The number of ether oxygens (including phenoxy) is 1. The van der Waals surface area contributed by atoms with E-state index in [1.165, 1.54) is 24.3 Å². The zero-order chi connectivity index (χ0) is 20.0. The molecule has 0 spiro atoms. The van der Waals surface area contributed by atoms with E-state index in [2.05, 4.69) is 10.0 Å². The fraction of sp³-hybridized carbons (Fsp3) is 0.222. The van der Waals surface area contributed by atoms with Gasteiger partial charge in [0.15, 0.2) is 0 Å². The number of anilines is 1. The number of carbonyl (C=O) groups is 2. The minimum Gasteiger partial charge on any atom is -0.462 e. The minimum absolute atomic E-state index is 0.0678. The first kappa shape index (κ1) is 20.9. The van der Waals surface area contributed by atoms with Gasteiger partial charge >= 0.3 is 5.97 Å². The van der Waals surface area contributed by atoms with Gasteiger partial charge in [-0.25, -0.2) is 17.9 Å². The highest BCUT2D eigenvalue weighted by atomic mass is 35.5. The van der Waals surface area contributed by atoms with Crippen molar-refractivity contribution in [2.45, 2.75) is 18.7 Å². The van der Waals surface area contributed by atoms with E-state index in [-0.39, 0.29) is 17.1 Å². The molecule has 0 saturated carbocycles. The lowest BCUT2D eigenvalue weighted by Crippen LogP contribution is -2.32. The zero-order valence-electron chi connectivity index (χ0n) is 14.8. The molecule has 0 atom stereocenters. The highest BCUT2D eigenvalue weighted by Gasteiger charge is 2.17. The molecule has 9 heteroatoms. The van der Waals surface area contributed by atoms with Gasteiger partial charge in [0.2, 0.25) is 15.9 Å². The smallest absolute Gasteiger partial charge is 0.338 e. The molecular weight excluding hydrogens is 392 g/mol. The van der Waals surface area contributed by atoms with E-state index in [9.17, 15) is 18.0 Å². The number of amides is 1. The summed E-state index contributed by atoms with van der Waals surface area (Å²) >= 11 is 5.99. The second-order valence-corrected chi connectivity index (χ2v) is 7.76. The summed E-state index contributed by atoms with van der Waals surface area (Å²) in [7, 11) is -3.91. The highest BCUT2D eigenvalue weighted by molar-refractivity contribution is 7.89. The Morgan fingerprint density at radius 3 is 2.37 bits per heavy atom. The number of halogens is 1. The third-order valence-corrected chi connectivity index (χ3v) is 5.38. The molecule has 2 N–H and O–H groups in total. The van der Waals surface area contributed by atoms with E-state index in [0.717, 1.165) is 5.56 Å². The van der Waals surface area contributed by atoms with Crippen LogP contribution in [0.15, 0.2) is 47.4 Å². The monoisotopic (exact) mass is 410 g/mol. The number of hydrogen-bond donors (Lipinski definition) is 2. The average Bonchev–Trinajstić information content (AvgIpc) is 2.63. The quantitative estimate of drug-likeness (QED) is 0.683. The van der Waals surface area contributed by atoms with Gasteiger partial charge in [-0.3, -0.25) is 4.79 Å². The lowest BCUT2D eigenvalue weighted by atomic mass is 10.2. The Morgan fingerprint density at radius 1 is 1.11 bits per heavy atom. The molecule has 0 saturated heterocycles. The SMILES string of the molecule is CCOC(=O)c1ccc(S(=O)(=O)NCC(=O)Nc2ccc(C)c(Cl)c2)cc1. The van der Waals surface area contributed by atoms with Crippen LogP contribution in [0.3, 0.4) is 0 Å². The molecule has 0 fully saturated rings. The van der Waals surface area contributed by atoms with Gasteiger partial charge in [0.1, 0.15) is 0 Å². The predicted molar refractivity (Wildman–Crippen MR) is 102 cm³/mol. The lowest BCUT2D eigenvalue weighted by Gasteiger charge is -2.09. The standard InChI is InChI=1S/C18H19ClN2O5S/c1-3-26-18(23)13-5-8-15(9-6-13)27(24,25)20-11-17(22)21-14-7-4-12(2)16(19)10-14/h4-10,20H,3,11H2,1-2H3,(H,21,22). The summed E-state index contributed by atoms with van der Waals surface area (Å²) in [6.45, 7) is 3.28. The molecule has 0 radical (unpaired) electrons. The van der Waals surface area contributed by atoms with Crippen molar-refractivity contribution in [3.8, 4) is 0 Å². The number of rotatable bonds is 7. The van der Waals surface area contributed by atoms with Crippen LogP contribution >= 0.6 is 11.6 Å². The molecule has 0 aliphatic heterocycles. The summed E-state index contributed by atoms with van der Waals surface area (Å²) < 4.78 is 31.6. The van der Waals surface area contributed by atoms with Gasteiger partial charge < -0.3 is 10.1 Å². The molecule has 0 aliphatic carbocycles. The number of carbonyl (C=O) groups excluding carboxylic acids is 2. The largest absolute Gasteiger partial charge is 0.462 e. The molecule has 27 heavy (non-hydrogen) atoms. The van der Waals surface area contributed by atoms with Crippen molar-refractivity contribution < 1.29 is 22.7 Å². The van der Waals surface area contributed by atoms with E-state index in [0.29, 0.717) is 10.7 Å². The van der Waals surface area contributed by atoms with Crippen molar-refractivity contribution in [1.29, 1.82) is 0 Å². The van der Waals surface area contributed by atoms with Crippen LogP contribution in [-0.2, 0) is 19.6 Å². The summed E-state index contributed by atoms with van der Waals surface area (Å²) in [6.07, 6.45) is 0. The Hall–Kier alpha value is -2.42. The van der Waals surface area contributed by atoms with Crippen molar-refractivity contribution in [2.24, 2.45) is 0 Å². The second kappa shape index (κ2) is 8.98. The van der Waals surface area contributed by atoms with Gasteiger partial charge in [0, 0.05) is 10.7 Å². The van der Waals surface area contributed by atoms with Crippen molar-refractivity contribution in [3.05, 3.63) is 58.6 Å². The fourth-order valence-corrected chi connectivity index (χ4v) is 3.27. The van der Waals surface area contributed by atoms with Gasteiger partial charge in [-0.05, 0) is 55.8 Å². The van der Waals surface area contributed by atoms with Crippen LogP contribution in [0.25, 0.3) is 0 Å². The van der Waals surface area contributed by atoms with Crippen molar-refractivity contribution >= 4 is 39.2 Å². The molecule has 0 aromatic heterocycles. The first-order chi connectivity index (χ1) is 12.7. The van der Waals surface area contributed by atoms with E-state index in [1.807, 2.05) is 6.92 Å². The molecule has 0 aliphatic rings. The predicted octanol–water partition coefficient (Wildman–Crippen LogP) is 2.74. The number of hydrogen-bond acceptors (Lipinski definition) is 5. The maximum atomic E-state index is 12.3. The van der Waals surface area contributed by atoms with Gasteiger partial charge in [-0.2, -0.15) is 0 Å². The Labute approximate surface area is 162 Å². The van der Waals surface area contributed by atoms with Crippen LogP contribution in [-0.4, -0.2) is 33.4 Å². The molecule has 2 rings (SSSR count). The van der Waals surface area contributed by atoms with Crippen LogP contribution in [0.2, 0.25) is 5.02 Å². The maximum absolute atomic E-state index is 12.3. The van der Waals surface area contributed by atoms with E-state index in [1.54, 1.807) is 25.1 Å². The van der Waals surface area contributed by atoms with Crippen molar-refractivity contribution in [2.75, 3.05) is 18.5 Å². The number of benzene rings is 2. The van der Waals surface area contributed by atoms with Crippen LogP contribution in [0.5, 0.6) is 0 Å². The molecule has 2 aromatic rings. The number of esters is 1. The summed E-state index contributed by atoms with van der Waals surface area (Å²) in [5, 5.41) is 3.06.